The molecule has 0 unspecified atom stereocenters. The highest BCUT2D eigenvalue weighted by Gasteiger charge is 2.24. The van der Waals surface area contributed by atoms with Gasteiger partial charge in [0.05, 0.1) is 37.9 Å². The summed E-state index contributed by atoms with van der Waals surface area (Å²) in [4.78, 5) is 19.3. The normalized spacial score (nSPS) is 13.8. The summed E-state index contributed by atoms with van der Waals surface area (Å²) in [6.07, 6.45) is 1.37. The van der Waals surface area contributed by atoms with Crippen LogP contribution in [0.15, 0.2) is 53.6 Å². The highest BCUT2D eigenvalue weighted by Crippen LogP contribution is 2.30. The maximum absolute atomic E-state index is 13.3. The minimum absolute atomic E-state index is 0.0720. The average Bonchev–Trinajstić information content (AvgIpc) is 2.87. The molecule has 4 rings (SSSR count). The van der Waals surface area contributed by atoms with Gasteiger partial charge in [-0.1, -0.05) is 24.3 Å². The summed E-state index contributed by atoms with van der Waals surface area (Å²) in [6.45, 7) is 8.33. The van der Waals surface area contributed by atoms with Gasteiger partial charge in [0.2, 0.25) is 5.88 Å². The van der Waals surface area contributed by atoms with E-state index in [0.29, 0.717) is 24.5 Å². The molecular weight excluding hydrogens is 480 g/mol. The fourth-order valence-electron chi connectivity index (χ4n) is 4.23. The predicted molar refractivity (Wildman–Crippen MR) is 140 cm³/mol. The zero-order valence-corrected chi connectivity index (χ0v) is 21.6. The molecule has 0 spiro atoms. The molecule has 9 nitrogen and oxygen atoms in total. The lowest BCUT2D eigenvalue weighted by atomic mass is 10.0. The highest BCUT2D eigenvalue weighted by molar-refractivity contribution is 7.92. The van der Waals surface area contributed by atoms with Gasteiger partial charge in [0.15, 0.2) is 4.90 Å². The van der Waals surface area contributed by atoms with E-state index in [1.165, 1.54) is 19.4 Å². The molecule has 0 saturated carbocycles. The smallest absolute Gasteiger partial charge is 0.267 e. The van der Waals surface area contributed by atoms with Crippen LogP contribution >= 0.6 is 0 Å². The van der Waals surface area contributed by atoms with Crippen LogP contribution in [0.2, 0.25) is 0 Å². The third kappa shape index (κ3) is 5.29. The third-order valence-corrected chi connectivity index (χ3v) is 7.52. The minimum Gasteiger partial charge on any atom is -0.480 e. The zero-order valence-electron chi connectivity index (χ0n) is 20.8. The van der Waals surface area contributed by atoms with E-state index in [0.717, 1.165) is 35.5 Å². The number of sulfonamides is 1. The zero-order chi connectivity index (χ0) is 25.9. The number of pyridine rings is 1. The van der Waals surface area contributed by atoms with Crippen LogP contribution in [0.5, 0.6) is 5.88 Å². The summed E-state index contributed by atoms with van der Waals surface area (Å²) >= 11 is 0. The molecule has 1 amide bonds. The number of hydrogen-bond acceptors (Lipinski definition) is 7. The van der Waals surface area contributed by atoms with Gasteiger partial charge in [-0.2, -0.15) is 0 Å². The van der Waals surface area contributed by atoms with Gasteiger partial charge in [0.25, 0.3) is 15.9 Å². The van der Waals surface area contributed by atoms with Crippen molar-refractivity contribution in [3.63, 3.8) is 0 Å². The first-order valence-corrected chi connectivity index (χ1v) is 13.1. The third-order valence-electron chi connectivity index (χ3n) is 6.18. The number of carbonyl (C=O) groups excluding carboxylic acids is 1. The van der Waals surface area contributed by atoms with E-state index < -0.39 is 10.0 Å². The Balaban J connectivity index is 1.62. The molecule has 3 aromatic rings. The van der Waals surface area contributed by atoms with Crippen LogP contribution in [0.25, 0.3) is 0 Å². The van der Waals surface area contributed by atoms with Crippen molar-refractivity contribution in [2.75, 3.05) is 48.4 Å². The molecule has 1 saturated heterocycles. The van der Waals surface area contributed by atoms with Crippen molar-refractivity contribution in [2.45, 2.75) is 25.7 Å². The molecule has 1 aromatic heterocycles. The van der Waals surface area contributed by atoms with Gasteiger partial charge in [-0.05, 0) is 55.7 Å². The average molecular weight is 511 g/mol. The number of ether oxygens (including phenoxy) is 2. The van der Waals surface area contributed by atoms with Crippen LogP contribution in [0, 0.1) is 20.8 Å². The first-order chi connectivity index (χ1) is 17.2. The Hall–Kier alpha value is -3.63. The number of methoxy groups -OCH3 is 1. The molecule has 10 heteroatoms. The van der Waals surface area contributed by atoms with Crippen molar-refractivity contribution in [1.82, 2.24) is 4.98 Å². The first kappa shape index (κ1) is 25.5. The summed E-state index contributed by atoms with van der Waals surface area (Å²) in [6, 6.07) is 12.4. The topological polar surface area (TPSA) is 110 Å². The van der Waals surface area contributed by atoms with Crippen molar-refractivity contribution in [1.29, 1.82) is 0 Å². The van der Waals surface area contributed by atoms with Gasteiger partial charge in [-0.15, -0.1) is 0 Å². The minimum atomic E-state index is -4.06. The van der Waals surface area contributed by atoms with Crippen LogP contribution in [-0.4, -0.2) is 52.7 Å². The van der Waals surface area contributed by atoms with E-state index in [-0.39, 0.29) is 22.4 Å². The number of anilines is 3. The van der Waals surface area contributed by atoms with Crippen molar-refractivity contribution < 1.29 is 22.7 Å². The predicted octanol–water partition coefficient (Wildman–Crippen LogP) is 3.91. The van der Waals surface area contributed by atoms with E-state index in [9.17, 15) is 13.2 Å². The van der Waals surface area contributed by atoms with Gasteiger partial charge < -0.3 is 19.7 Å². The van der Waals surface area contributed by atoms with E-state index >= 15 is 0 Å². The van der Waals surface area contributed by atoms with Crippen molar-refractivity contribution in [2.24, 2.45) is 0 Å². The molecule has 1 fully saturated rings. The monoisotopic (exact) mass is 510 g/mol. The standard InChI is InChI=1S/C26H30N4O5S/c1-17-7-5-8-18(2)24(17)29-36(32,33)23-15-20(16-27-26(23)34-4)28-25(31)21-9-6-10-22(19(21)3)30-11-13-35-14-12-30/h5-10,15-16,29H,11-14H2,1-4H3,(H,28,31). The molecule has 1 aliphatic rings. The Labute approximate surface area is 211 Å². The summed E-state index contributed by atoms with van der Waals surface area (Å²) in [5, 5.41) is 2.79. The number of rotatable bonds is 7. The number of para-hydroxylation sites is 1. The number of hydrogen-bond donors (Lipinski definition) is 2. The number of aromatic nitrogens is 1. The van der Waals surface area contributed by atoms with Crippen molar-refractivity contribution >= 4 is 33.0 Å². The summed E-state index contributed by atoms with van der Waals surface area (Å²) < 4.78 is 39.9. The van der Waals surface area contributed by atoms with Crippen LogP contribution in [0.4, 0.5) is 17.1 Å². The van der Waals surface area contributed by atoms with E-state index in [1.54, 1.807) is 6.07 Å². The van der Waals surface area contributed by atoms with Crippen LogP contribution < -0.4 is 19.7 Å². The SMILES string of the molecule is COc1ncc(NC(=O)c2cccc(N3CCOCC3)c2C)cc1S(=O)(=O)Nc1c(C)cccc1C. The molecule has 190 valence electrons. The van der Waals surface area contributed by atoms with Crippen molar-refractivity contribution in [3.8, 4) is 5.88 Å². The Morgan fingerprint density at radius 2 is 1.72 bits per heavy atom. The molecule has 1 aliphatic heterocycles. The quantitative estimate of drug-likeness (QED) is 0.496. The summed E-state index contributed by atoms with van der Waals surface area (Å²) in [7, 11) is -2.71. The molecule has 36 heavy (non-hydrogen) atoms. The van der Waals surface area contributed by atoms with Gasteiger partial charge in [-0.25, -0.2) is 13.4 Å². The molecule has 0 bridgehead atoms. The molecule has 0 aliphatic carbocycles. The van der Waals surface area contributed by atoms with E-state index in [4.69, 9.17) is 9.47 Å². The van der Waals surface area contributed by atoms with Crippen molar-refractivity contribution in [3.05, 3.63) is 70.9 Å². The number of morpholine rings is 1. The second-order valence-electron chi connectivity index (χ2n) is 8.61. The molecule has 0 atom stereocenters. The molecule has 2 aromatic carbocycles. The highest BCUT2D eigenvalue weighted by atomic mass is 32.2. The number of nitrogens with one attached hydrogen (secondary N) is 2. The van der Waals surface area contributed by atoms with Gasteiger partial charge in [0, 0.05) is 24.3 Å². The van der Waals surface area contributed by atoms with Crippen LogP contribution in [0.3, 0.4) is 0 Å². The Kier molecular flexibility index (Phi) is 7.46. The Morgan fingerprint density at radius 1 is 1.06 bits per heavy atom. The lowest BCUT2D eigenvalue weighted by Crippen LogP contribution is -2.36. The second kappa shape index (κ2) is 10.5. The number of amides is 1. The number of benzene rings is 2. The number of carbonyl (C=O) groups is 1. The fourth-order valence-corrected chi connectivity index (χ4v) is 5.57. The Bertz CT molecular complexity index is 1360. The van der Waals surface area contributed by atoms with Crippen LogP contribution in [-0.2, 0) is 14.8 Å². The lowest BCUT2D eigenvalue weighted by molar-refractivity contribution is 0.102. The van der Waals surface area contributed by atoms with Crippen LogP contribution in [0.1, 0.15) is 27.0 Å². The van der Waals surface area contributed by atoms with Gasteiger partial charge >= 0.3 is 0 Å². The van der Waals surface area contributed by atoms with E-state index in [2.05, 4.69) is 19.9 Å². The number of aryl methyl sites for hydroxylation is 2. The summed E-state index contributed by atoms with van der Waals surface area (Å²) in [5.41, 5.74) is 4.59. The molecule has 2 N–H and O–H groups in total. The molecular formula is C26H30N4O5S. The van der Waals surface area contributed by atoms with E-state index in [1.807, 2.05) is 51.1 Å². The Morgan fingerprint density at radius 3 is 2.39 bits per heavy atom. The maximum atomic E-state index is 13.3. The lowest BCUT2D eigenvalue weighted by Gasteiger charge is -2.30. The molecule has 0 radical (unpaired) electrons. The van der Waals surface area contributed by atoms with Gasteiger partial charge in [-0.3, -0.25) is 9.52 Å². The maximum Gasteiger partial charge on any atom is 0.267 e. The van der Waals surface area contributed by atoms with Gasteiger partial charge in [0.1, 0.15) is 0 Å². The fraction of sp³-hybridized carbons (Fsp3) is 0.308. The summed E-state index contributed by atoms with van der Waals surface area (Å²) in [5.74, 6) is -0.433. The molecule has 2 heterocycles. The largest absolute Gasteiger partial charge is 0.480 e. The second-order valence-corrected chi connectivity index (χ2v) is 10.3. The number of nitrogens with zero attached hydrogens (tertiary/aromatic N) is 2. The first-order valence-electron chi connectivity index (χ1n) is 11.6.